The Kier molecular flexibility index (Phi) is 2.52. The Morgan fingerprint density at radius 2 is 2.43 bits per heavy atom. The van der Waals surface area contributed by atoms with Crippen LogP contribution in [0, 0.1) is 6.92 Å². The summed E-state index contributed by atoms with van der Waals surface area (Å²) >= 11 is 0. The quantitative estimate of drug-likeness (QED) is 0.760. The van der Waals surface area contributed by atoms with Gasteiger partial charge in [0.15, 0.2) is 0 Å². The first-order valence-electron chi connectivity index (χ1n) is 4.99. The normalized spacial score (nSPS) is 26.7. The predicted molar refractivity (Wildman–Crippen MR) is 55.1 cm³/mol. The van der Waals surface area contributed by atoms with Crippen molar-refractivity contribution in [1.82, 2.24) is 4.98 Å². The Labute approximate surface area is 84.3 Å². The van der Waals surface area contributed by atoms with E-state index in [-0.39, 0.29) is 5.41 Å². The third-order valence-corrected chi connectivity index (χ3v) is 2.93. The van der Waals surface area contributed by atoms with E-state index in [4.69, 9.17) is 10.5 Å². The minimum atomic E-state index is -0.0357. The van der Waals surface area contributed by atoms with Crippen LogP contribution in [0.2, 0.25) is 0 Å². The molecule has 76 valence electrons. The molecular weight excluding hydrogens is 176 g/mol. The van der Waals surface area contributed by atoms with Gasteiger partial charge in [0, 0.05) is 18.8 Å². The molecule has 2 N–H and O–H groups in total. The Balaban J connectivity index is 2.35. The lowest BCUT2D eigenvalue weighted by Crippen LogP contribution is -2.36. The number of aryl methyl sites for hydroxylation is 1. The molecule has 1 aliphatic rings. The molecule has 0 aliphatic carbocycles. The molecule has 1 aromatic rings. The summed E-state index contributed by atoms with van der Waals surface area (Å²) in [5, 5.41) is 0. The van der Waals surface area contributed by atoms with Gasteiger partial charge in [0.1, 0.15) is 0 Å². The molecule has 1 saturated heterocycles. The molecule has 3 heteroatoms. The van der Waals surface area contributed by atoms with E-state index < -0.39 is 0 Å². The smallest absolute Gasteiger partial charge is 0.0591 e. The standard InChI is InChI=1S/C11H16N2O/c1-9-3-2-4-10(13-9)11(7-12)5-6-14-8-11/h2-4H,5-8,12H2,1H3. The zero-order valence-electron chi connectivity index (χ0n) is 8.49. The number of hydrogen-bond donors (Lipinski definition) is 1. The molecule has 0 saturated carbocycles. The van der Waals surface area contributed by atoms with E-state index in [0.29, 0.717) is 13.2 Å². The number of hydrogen-bond acceptors (Lipinski definition) is 3. The van der Waals surface area contributed by atoms with E-state index in [0.717, 1.165) is 24.4 Å². The van der Waals surface area contributed by atoms with Crippen LogP contribution in [-0.4, -0.2) is 24.7 Å². The van der Waals surface area contributed by atoms with E-state index >= 15 is 0 Å². The Morgan fingerprint density at radius 1 is 1.57 bits per heavy atom. The summed E-state index contributed by atoms with van der Waals surface area (Å²) in [6.45, 7) is 4.12. The highest BCUT2D eigenvalue weighted by molar-refractivity contribution is 5.21. The van der Waals surface area contributed by atoms with Gasteiger partial charge in [-0.15, -0.1) is 0 Å². The van der Waals surface area contributed by atoms with Crippen LogP contribution in [0.15, 0.2) is 18.2 Å². The first-order valence-corrected chi connectivity index (χ1v) is 4.99. The highest BCUT2D eigenvalue weighted by atomic mass is 16.5. The van der Waals surface area contributed by atoms with Crippen LogP contribution >= 0.6 is 0 Å². The van der Waals surface area contributed by atoms with Crippen molar-refractivity contribution in [3.63, 3.8) is 0 Å². The van der Waals surface area contributed by atoms with Crippen LogP contribution < -0.4 is 5.73 Å². The fourth-order valence-corrected chi connectivity index (χ4v) is 1.91. The zero-order chi connectivity index (χ0) is 10.0. The Morgan fingerprint density at radius 3 is 3.00 bits per heavy atom. The third kappa shape index (κ3) is 1.53. The van der Waals surface area contributed by atoms with Gasteiger partial charge in [0.25, 0.3) is 0 Å². The van der Waals surface area contributed by atoms with Gasteiger partial charge in [0.05, 0.1) is 17.7 Å². The van der Waals surface area contributed by atoms with Crippen LogP contribution in [0.4, 0.5) is 0 Å². The summed E-state index contributed by atoms with van der Waals surface area (Å²) in [5.41, 5.74) is 7.92. The van der Waals surface area contributed by atoms with E-state index in [1.807, 2.05) is 19.1 Å². The van der Waals surface area contributed by atoms with Gasteiger partial charge in [-0.05, 0) is 25.5 Å². The Hall–Kier alpha value is -0.930. The lowest BCUT2D eigenvalue weighted by Gasteiger charge is -2.24. The van der Waals surface area contributed by atoms with Crippen LogP contribution in [0.25, 0.3) is 0 Å². The van der Waals surface area contributed by atoms with Gasteiger partial charge in [-0.25, -0.2) is 0 Å². The van der Waals surface area contributed by atoms with Crippen LogP contribution in [-0.2, 0) is 10.2 Å². The Bertz CT molecular complexity index is 319. The minimum absolute atomic E-state index is 0.0357. The molecule has 3 nitrogen and oxygen atoms in total. The maximum atomic E-state index is 5.83. The van der Waals surface area contributed by atoms with Gasteiger partial charge in [0.2, 0.25) is 0 Å². The monoisotopic (exact) mass is 192 g/mol. The van der Waals surface area contributed by atoms with Crippen molar-refractivity contribution in [3.05, 3.63) is 29.6 Å². The largest absolute Gasteiger partial charge is 0.380 e. The second kappa shape index (κ2) is 3.67. The summed E-state index contributed by atoms with van der Waals surface area (Å²) in [6.07, 6.45) is 0.986. The molecule has 0 radical (unpaired) electrons. The summed E-state index contributed by atoms with van der Waals surface area (Å²) in [5.74, 6) is 0. The fourth-order valence-electron chi connectivity index (χ4n) is 1.91. The summed E-state index contributed by atoms with van der Waals surface area (Å²) in [4.78, 5) is 4.54. The molecule has 1 unspecified atom stereocenters. The number of nitrogens with zero attached hydrogens (tertiary/aromatic N) is 1. The summed E-state index contributed by atoms with van der Waals surface area (Å²) in [6, 6.07) is 6.09. The fraction of sp³-hybridized carbons (Fsp3) is 0.545. The van der Waals surface area contributed by atoms with Gasteiger partial charge in [-0.1, -0.05) is 6.07 Å². The molecule has 0 aromatic carbocycles. The molecule has 1 atom stereocenters. The molecule has 0 spiro atoms. The maximum Gasteiger partial charge on any atom is 0.0591 e. The molecule has 0 amide bonds. The number of pyridine rings is 1. The van der Waals surface area contributed by atoms with Gasteiger partial charge in [-0.3, -0.25) is 4.98 Å². The highest BCUT2D eigenvalue weighted by Gasteiger charge is 2.36. The van der Waals surface area contributed by atoms with Crippen molar-refractivity contribution >= 4 is 0 Å². The molecule has 14 heavy (non-hydrogen) atoms. The van der Waals surface area contributed by atoms with E-state index in [9.17, 15) is 0 Å². The molecule has 0 bridgehead atoms. The lowest BCUT2D eigenvalue weighted by atomic mass is 9.83. The van der Waals surface area contributed by atoms with Crippen molar-refractivity contribution in [3.8, 4) is 0 Å². The van der Waals surface area contributed by atoms with Gasteiger partial charge >= 0.3 is 0 Å². The van der Waals surface area contributed by atoms with Crippen molar-refractivity contribution in [2.45, 2.75) is 18.8 Å². The molecular formula is C11H16N2O. The average Bonchev–Trinajstić information content (AvgIpc) is 2.67. The second-order valence-electron chi connectivity index (χ2n) is 3.95. The maximum absolute atomic E-state index is 5.83. The summed E-state index contributed by atoms with van der Waals surface area (Å²) < 4.78 is 5.43. The van der Waals surface area contributed by atoms with Crippen molar-refractivity contribution in [2.24, 2.45) is 5.73 Å². The van der Waals surface area contributed by atoms with Crippen LogP contribution in [0.3, 0.4) is 0 Å². The minimum Gasteiger partial charge on any atom is -0.380 e. The van der Waals surface area contributed by atoms with E-state index in [2.05, 4.69) is 11.1 Å². The number of ether oxygens (including phenoxy) is 1. The number of nitrogens with two attached hydrogens (primary N) is 1. The summed E-state index contributed by atoms with van der Waals surface area (Å²) in [7, 11) is 0. The van der Waals surface area contributed by atoms with Crippen molar-refractivity contribution < 1.29 is 4.74 Å². The lowest BCUT2D eigenvalue weighted by molar-refractivity contribution is 0.177. The number of aromatic nitrogens is 1. The van der Waals surface area contributed by atoms with E-state index in [1.54, 1.807) is 0 Å². The first kappa shape index (κ1) is 9.62. The van der Waals surface area contributed by atoms with Crippen molar-refractivity contribution in [1.29, 1.82) is 0 Å². The predicted octanol–water partition coefficient (Wildman–Crippen LogP) is 1.01. The SMILES string of the molecule is Cc1cccc(C2(CN)CCOC2)n1. The first-order chi connectivity index (χ1) is 6.77. The number of rotatable bonds is 2. The average molecular weight is 192 g/mol. The molecule has 1 aliphatic heterocycles. The topological polar surface area (TPSA) is 48.1 Å². The molecule has 2 rings (SSSR count). The zero-order valence-corrected chi connectivity index (χ0v) is 8.49. The van der Waals surface area contributed by atoms with Crippen LogP contribution in [0.1, 0.15) is 17.8 Å². The van der Waals surface area contributed by atoms with Gasteiger partial charge in [-0.2, -0.15) is 0 Å². The highest BCUT2D eigenvalue weighted by Crippen LogP contribution is 2.30. The molecule has 1 aromatic heterocycles. The second-order valence-corrected chi connectivity index (χ2v) is 3.95. The molecule has 2 heterocycles. The third-order valence-electron chi connectivity index (χ3n) is 2.93. The van der Waals surface area contributed by atoms with Crippen LogP contribution in [0.5, 0.6) is 0 Å². The van der Waals surface area contributed by atoms with Crippen molar-refractivity contribution in [2.75, 3.05) is 19.8 Å². The van der Waals surface area contributed by atoms with Gasteiger partial charge < -0.3 is 10.5 Å². The van der Waals surface area contributed by atoms with E-state index in [1.165, 1.54) is 0 Å². The molecule has 1 fully saturated rings.